The second-order valence-electron chi connectivity index (χ2n) is 6.93. The van der Waals surface area contributed by atoms with Crippen LogP contribution in [0.2, 0.25) is 0 Å². The first-order valence-corrected chi connectivity index (χ1v) is 9.09. The standard InChI is InChI=1S/C19H33N3O2/c1-5-20(4)14-17(23)15-21-10-12-22(13-11-21)18-8-6-7-9-19(18)24-16(2)3/h6-9,16-17,23H,5,10-15H2,1-4H3/t17-/m0/s1. The maximum atomic E-state index is 10.2. The number of likely N-dealkylation sites (N-methyl/N-ethyl adjacent to an activating group) is 1. The molecular formula is C19H33N3O2. The van der Waals surface area contributed by atoms with Gasteiger partial charge in [-0.25, -0.2) is 0 Å². The maximum absolute atomic E-state index is 10.2. The van der Waals surface area contributed by atoms with Crippen molar-refractivity contribution < 1.29 is 9.84 Å². The monoisotopic (exact) mass is 335 g/mol. The number of para-hydroxylation sites is 2. The van der Waals surface area contributed by atoms with Crippen LogP contribution in [0.3, 0.4) is 0 Å². The Kier molecular flexibility index (Phi) is 7.34. The summed E-state index contributed by atoms with van der Waals surface area (Å²) in [7, 11) is 2.05. The van der Waals surface area contributed by atoms with Gasteiger partial charge in [0.15, 0.2) is 0 Å². The minimum atomic E-state index is -0.280. The van der Waals surface area contributed by atoms with E-state index in [4.69, 9.17) is 4.74 Å². The number of hydrogen-bond acceptors (Lipinski definition) is 5. The van der Waals surface area contributed by atoms with E-state index in [0.717, 1.165) is 51.6 Å². The minimum Gasteiger partial charge on any atom is -0.489 e. The molecule has 1 aliphatic heterocycles. The molecule has 24 heavy (non-hydrogen) atoms. The molecule has 0 aromatic heterocycles. The van der Waals surface area contributed by atoms with Crippen LogP contribution in [-0.2, 0) is 0 Å². The van der Waals surface area contributed by atoms with Crippen molar-refractivity contribution in [2.75, 3.05) is 57.8 Å². The van der Waals surface area contributed by atoms with Crippen molar-refractivity contribution in [2.45, 2.75) is 33.0 Å². The van der Waals surface area contributed by atoms with Crippen LogP contribution < -0.4 is 9.64 Å². The van der Waals surface area contributed by atoms with Crippen molar-refractivity contribution in [1.29, 1.82) is 0 Å². The highest BCUT2D eigenvalue weighted by Crippen LogP contribution is 2.29. The Bertz CT molecular complexity index is 487. The number of aliphatic hydroxyl groups excluding tert-OH is 1. The Labute approximate surface area is 146 Å². The van der Waals surface area contributed by atoms with Crippen molar-refractivity contribution >= 4 is 5.69 Å². The molecular weight excluding hydrogens is 302 g/mol. The number of benzene rings is 1. The predicted octanol–water partition coefficient (Wildman–Crippen LogP) is 1.91. The predicted molar refractivity (Wildman–Crippen MR) is 100 cm³/mol. The highest BCUT2D eigenvalue weighted by atomic mass is 16.5. The molecule has 0 unspecified atom stereocenters. The SMILES string of the molecule is CCN(C)C[C@H](O)CN1CCN(c2ccccc2OC(C)C)CC1. The van der Waals surface area contributed by atoms with Crippen LogP contribution >= 0.6 is 0 Å². The molecule has 1 aromatic carbocycles. The number of hydrogen-bond donors (Lipinski definition) is 1. The summed E-state index contributed by atoms with van der Waals surface area (Å²) in [6.45, 7) is 12.6. The van der Waals surface area contributed by atoms with Gasteiger partial charge in [0, 0.05) is 39.3 Å². The Hall–Kier alpha value is -1.30. The molecule has 136 valence electrons. The molecule has 1 atom stereocenters. The molecule has 1 N–H and O–H groups in total. The van der Waals surface area contributed by atoms with Crippen LogP contribution in [-0.4, -0.2) is 80.0 Å². The summed E-state index contributed by atoms with van der Waals surface area (Å²) in [5.74, 6) is 0.963. The zero-order valence-electron chi connectivity index (χ0n) is 15.6. The van der Waals surface area contributed by atoms with Crippen molar-refractivity contribution in [3.05, 3.63) is 24.3 Å². The molecule has 2 rings (SSSR count). The van der Waals surface area contributed by atoms with Crippen LogP contribution in [0.25, 0.3) is 0 Å². The lowest BCUT2D eigenvalue weighted by Gasteiger charge is -2.37. The van der Waals surface area contributed by atoms with E-state index in [9.17, 15) is 5.11 Å². The molecule has 5 heteroatoms. The normalized spacial score (nSPS) is 17.5. The molecule has 1 aliphatic rings. The van der Waals surface area contributed by atoms with E-state index in [-0.39, 0.29) is 12.2 Å². The molecule has 1 fully saturated rings. The Morgan fingerprint density at radius 3 is 2.46 bits per heavy atom. The van der Waals surface area contributed by atoms with E-state index in [0.29, 0.717) is 0 Å². The van der Waals surface area contributed by atoms with Crippen LogP contribution in [0.4, 0.5) is 5.69 Å². The smallest absolute Gasteiger partial charge is 0.142 e. The Balaban J connectivity index is 1.87. The van der Waals surface area contributed by atoms with Gasteiger partial charge in [0.05, 0.1) is 17.9 Å². The summed E-state index contributed by atoms with van der Waals surface area (Å²) in [5, 5.41) is 10.2. The third-order valence-electron chi connectivity index (χ3n) is 4.47. The van der Waals surface area contributed by atoms with Crippen LogP contribution in [0.1, 0.15) is 20.8 Å². The summed E-state index contributed by atoms with van der Waals surface area (Å²) in [6.07, 6.45) is -0.101. The van der Waals surface area contributed by atoms with Gasteiger partial charge in [0.2, 0.25) is 0 Å². The molecule has 1 saturated heterocycles. The van der Waals surface area contributed by atoms with Crippen molar-refractivity contribution in [3.63, 3.8) is 0 Å². The molecule has 0 aliphatic carbocycles. The fourth-order valence-electron chi connectivity index (χ4n) is 3.09. The van der Waals surface area contributed by atoms with Gasteiger partial charge in [-0.3, -0.25) is 4.90 Å². The lowest BCUT2D eigenvalue weighted by atomic mass is 10.2. The van der Waals surface area contributed by atoms with E-state index in [2.05, 4.69) is 47.6 Å². The molecule has 0 spiro atoms. The number of aliphatic hydroxyl groups is 1. The topological polar surface area (TPSA) is 39.2 Å². The number of anilines is 1. The van der Waals surface area contributed by atoms with Gasteiger partial charge in [0.25, 0.3) is 0 Å². The molecule has 1 heterocycles. The van der Waals surface area contributed by atoms with E-state index in [1.54, 1.807) is 0 Å². The van der Waals surface area contributed by atoms with E-state index >= 15 is 0 Å². The molecule has 0 saturated carbocycles. The first-order valence-electron chi connectivity index (χ1n) is 9.09. The van der Waals surface area contributed by atoms with Gasteiger partial charge in [0.1, 0.15) is 5.75 Å². The third kappa shape index (κ3) is 5.65. The molecule has 1 aromatic rings. The van der Waals surface area contributed by atoms with Crippen LogP contribution in [0.5, 0.6) is 5.75 Å². The van der Waals surface area contributed by atoms with Crippen molar-refractivity contribution in [1.82, 2.24) is 9.80 Å². The average Bonchev–Trinajstić information content (AvgIpc) is 2.55. The number of β-amino-alcohol motifs (C(OH)–C–C–N with tert-alkyl or cyclic N) is 1. The highest BCUT2D eigenvalue weighted by molar-refractivity contribution is 5.58. The van der Waals surface area contributed by atoms with Gasteiger partial charge in [-0.1, -0.05) is 19.1 Å². The number of rotatable bonds is 8. The van der Waals surface area contributed by atoms with E-state index in [1.807, 2.05) is 19.2 Å². The second kappa shape index (κ2) is 9.25. The van der Waals surface area contributed by atoms with Gasteiger partial charge in [-0.15, -0.1) is 0 Å². The summed E-state index contributed by atoms with van der Waals surface area (Å²) in [4.78, 5) is 6.90. The Morgan fingerprint density at radius 1 is 1.17 bits per heavy atom. The van der Waals surface area contributed by atoms with Crippen LogP contribution in [0, 0.1) is 0 Å². The molecule has 0 bridgehead atoms. The number of nitrogens with zero attached hydrogens (tertiary/aromatic N) is 3. The highest BCUT2D eigenvalue weighted by Gasteiger charge is 2.21. The summed E-state index contributed by atoms with van der Waals surface area (Å²) >= 11 is 0. The summed E-state index contributed by atoms with van der Waals surface area (Å²) < 4.78 is 5.95. The quantitative estimate of drug-likeness (QED) is 0.786. The lowest BCUT2D eigenvalue weighted by molar-refractivity contribution is 0.0809. The molecule has 5 nitrogen and oxygen atoms in total. The molecule has 0 radical (unpaired) electrons. The van der Waals surface area contributed by atoms with Crippen molar-refractivity contribution in [2.24, 2.45) is 0 Å². The maximum Gasteiger partial charge on any atom is 0.142 e. The van der Waals surface area contributed by atoms with E-state index in [1.165, 1.54) is 5.69 Å². The van der Waals surface area contributed by atoms with Crippen molar-refractivity contribution in [3.8, 4) is 5.75 Å². The molecule has 0 amide bonds. The number of ether oxygens (including phenoxy) is 1. The fraction of sp³-hybridized carbons (Fsp3) is 0.684. The largest absolute Gasteiger partial charge is 0.489 e. The van der Waals surface area contributed by atoms with Gasteiger partial charge in [-0.05, 0) is 39.6 Å². The first kappa shape index (κ1) is 19.0. The van der Waals surface area contributed by atoms with E-state index < -0.39 is 0 Å². The van der Waals surface area contributed by atoms with Gasteiger partial charge < -0.3 is 19.6 Å². The second-order valence-corrected chi connectivity index (χ2v) is 6.93. The minimum absolute atomic E-state index is 0.179. The van der Waals surface area contributed by atoms with Gasteiger partial charge >= 0.3 is 0 Å². The van der Waals surface area contributed by atoms with Gasteiger partial charge in [-0.2, -0.15) is 0 Å². The lowest BCUT2D eigenvalue weighted by Crippen LogP contribution is -2.50. The van der Waals surface area contributed by atoms with Crippen LogP contribution in [0.15, 0.2) is 24.3 Å². The Morgan fingerprint density at radius 2 is 1.83 bits per heavy atom. The average molecular weight is 335 g/mol. The summed E-state index contributed by atoms with van der Waals surface area (Å²) in [5.41, 5.74) is 1.18. The zero-order valence-corrected chi connectivity index (χ0v) is 15.6. The summed E-state index contributed by atoms with van der Waals surface area (Å²) in [6, 6.07) is 8.28. The third-order valence-corrected chi connectivity index (χ3v) is 4.47. The number of piperazine rings is 1. The zero-order chi connectivity index (χ0) is 17.5. The fourth-order valence-corrected chi connectivity index (χ4v) is 3.09. The first-order chi connectivity index (χ1) is 11.5.